The zero-order valence-corrected chi connectivity index (χ0v) is 22.2. The summed E-state index contributed by atoms with van der Waals surface area (Å²) >= 11 is 0. The van der Waals surface area contributed by atoms with Crippen LogP contribution < -0.4 is 15.4 Å². The second-order valence-corrected chi connectivity index (χ2v) is 11.2. The lowest BCUT2D eigenvalue weighted by atomic mass is 9.88. The standard InChI is InChI=1S/C29H37N5O3/c1-5-29(6-2)17-25(35)34(27(33-29)31-20-11-13-30-14-12-20)18-19-15-22(19)26(36)32-23-16-28(3,4)37-24-10-8-7-9-21(23)24/h7-14,19,22-23H,5-6,15-18H2,1-4H3,(H,32,36)(H,30,31,33)/t19-,22?,23+/m1/s1. The molecule has 1 saturated carbocycles. The van der Waals surface area contributed by atoms with Crippen molar-refractivity contribution in [3.05, 3.63) is 54.4 Å². The molecule has 3 atom stereocenters. The van der Waals surface area contributed by atoms with Gasteiger partial charge in [0, 0.05) is 42.5 Å². The molecule has 0 radical (unpaired) electrons. The molecule has 0 saturated heterocycles. The van der Waals surface area contributed by atoms with Gasteiger partial charge in [0.15, 0.2) is 0 Å². The van der Waals surface area contributed by atoms with Crippen LogP contribution in [0.25, 0.3) is 0 Å². The van der Waals surface area contributed by atoms with Crippen LogP contribution in [0.5, 0.6) is 5.75 Å². The number of carbonyl (C=O) groups excluding carboxylic acids is 2. The van der Waals surface area contributed by atoms with Gasteiger partial charge >= 0.3 is 0 Å². The summed E-state index contributed by atoms with van der Waals surface area (Å²) in [5.74, 6) is 1.49. The highest BCUT2D eigenvalue weighted by atomic mass is 16.5. The number of nitrogens with one attached hydrogen (secondary N) is 2. The van der Waals surface area contributed by atoms with E-state index in [4.69, 9.17) is 9.73 Å². The molecule has 3 aliphatic rings. The molecule has 8 heteroatoms. The lowest BCUT2D eigenvalue weighted by Crippen LogP contribution is -2.51. The number of pyridine rings is 1. The number of anilines is 1. The van der Waals surface area contributed by atoms with Gasteiger partial charge in [0.1, 0.15) is 11.4 Å². The number of aliphatic imine (C=N–C) groups is 1. The fraction of sp³-hybridized carbons (Fsp3) is 0.517. The van der Waals surface area contributed by atoms with Crippen molar-refractivity contribution in [1.29, 1.82) is 0 Å². The molecule has 2 amide bonds. The van der Waals surface area contributed by atoms with Crippen molar-refractivity contribution in [3.63, 3.8) is 0 Å². The summed E-state index contributed by atoms with van der Waals surface area (Å²) in [4.78, 5) is 37.5. The predicted molar refractivity (Wildman–Crippen MR) is 143 cm³/mol. The first-order valence-corrected chi connectivity index (χ1v) is 13.4. The van der Waals surface area contributed by atoms with E-state index in [1.54, 1.807) is 17.3 Å². The van der Waals surface area contributed by atoms with Gasteiger partial charge in [-0.1, -0.05) is 32.0 Å². The first-order chi connectivity index (χ1) is 17.7. The maximum Gasteiger partial charge on any atom is 0.231 e. The molecular weight excluding hydrogens is 466 g/mol. The van der Waals surface area contributed by atoms with Crippen molar-refractivity contribution in [2.75, 3.05) is 11.9 Å². The topological polar surface area (TPSA) is 95.9 Å². The van der Waals surface area contributed by atoms with Gasteiger partial charge in [-0.05, 0) is 57.2 Å². The smallest absolute Gasteiger partial charge is 0.231 e. The minimum absolute atomic E-state index is 0.0454. The third kappa shape index (κ3) is 5.33. The van der Waals surface area contributed by atoms with Crippen LogP contribution in [0.3, 0.4) is 0 Å². The van der Waals surface area contributed by atoms with Gasteiger partial charge < -0.3 is 15.4 Å². The largest absolute Gasteiger partial charge is 0.487 e. The molecule has 0 bridgehead atoms. The lowest BCUT2D eigenvalue weighted by Gasteiger charge is -2.38. The first-order valence-electron chi connectivity index (χ1n) is 13.4. The lowest BCUT2D eigenvalue weighted by molar-refractivity contribution is -0.130. The predicted octanol–water partition coefficient (Wildman–Crippen LogP) is 4.70. The van der Waals surface area contributed by atoms with Crippen LogP contribution in [0.4, 0.5) is 5.69 Å². The normalized spacial score (nSPS) is 25.4. The van der Waals surface area contributed by atoms with E-state index >= 15 is 0 Å². The summed E-state index contributed by atoms with van der Waals surface area (Å²) in [6, 6.07) is 11.5. The fourth-order valence-electron chi connectivity index (χ4n) is 5.54. The van der Waals surface area contributed by atoms with E-state index in [-0.39, 0.29) is 35.3 Å². The number of hydrogen-bond acceptors (Lipinski definition) is 6. The van der Waals surface area contributed by atoms with Crippen molar-refractivity contribution >= 4 is 23.5 Å². The number of hydrogen-bond donors (Lipinski definition) is 2. The number of benzene rings is 1. The molecule has 2 N–H and O–H groups in total. The molecule has 1 aromatic carbocycles. The van der Waals surface area contributed by atoms with Crippen molar-refractivity contribution in [2.24, 2.45) is 16.8 Å². The van der Waals surface area contributed by atoms with Gasteiger partial charge in [-0.2, -0.15) is 0 Å². The Balaban J connectivity index is 1.29. The highest BCUT2D eigenvalue weighted by molar-refractivity contribution is 6.06. The van der Waals surface area contributed by atoms with Crippen LogP contribution in [-0.4, -0.2) is 45.3 Å². The number of rotatable bonds is 7. The molecule has 1 aliphatic carbocycles. The van der Waals surface area contributed by atoms with Gasteiger partial charge in [-0.25, -0.2) is 4.99 Å². The second kappa shape index (κ2) is 9.80. The molecule has 2 aromatic rings. The Labute approximate surface area is 218 Å². The zero-order valence-electron chi connectivity index (χ0n) is 22.2. The van der Waals surface area contributed by atoms with E-state index < -0.39 is 5.54 Å². The summed E-state index contributed by atoms with van der Waals surface area (Å²) < 4.78 is 6.12. The minimum Gasteiger partial charge on any atom is -0.487 e. The molecule has 0 spiro atoms. The van der Waals surface area contributed by atoms with E-state index in [0.29, 0.717) is 25.3 Å². The van der Waals surface area contributed by atoms with E-state index in [2.05, 4.69) is 29.5 Å². The Hall–Kier alpha value is -3.42. The van der Waals surface area contributed by atoms with Crippen molar-refractivity contribution in [2.45, 2.75) is 77.0 Å². The number of carbonyl (C=O) groups is 2. The highest BCUT2D eigenvalue weighted by Crippen LogP contribution is 2.43. The average molecular weight is 504 g/mol. The van der Waals surface area contributed by atoms with Crippen LogP contribution in [0.2, 0.25) is 0 Å². The van der Waals surface area contributed by atoms with Gasteiger partial charge in [-0.15, -0.1) is 0 Å². The molecule has 37 heavy (non-hydrogen) atoms. The van der Waals surface area contributed by atoms with Crippen molar-refractivity contribution in [1.82, 2.24) is 15.2 Å². The van der Waals surface area contributed by atoms with Crippen LogP contribution in [0, 0.1) is 11.8 Å². The Kier molecular flexibility index (Phi) is 6.68. The van der Waals surface area contributed by atoms with Crippen molar-refractivity contribution < 1.29 is 14.3 Å². The quantitative estimate of drug-likeness (QED) is 0.571. The number of amides is 2. The van der Waals surface area contributed by atoms with E-state index in [1.807, 2.05) is 50.2 Å². The molecule has 3 heterocycles. The Morgan fingerprint density at radius 2 is 1.86 bits per heavy atom. The number of para-hydroxylation sites is 1. The monoisotopic (exact) mass is 503 g/mol. The summed E-state index contributed by atoms with van der Waals surface area (Å²) in [6.45, 7) is 8.74. The van der Waals surface area contributed by atoms with E-state index in [1.165, 1.54) is 0 Å². The van der Waals surface area contributed by atoms with Gasteiger partial charge in [-0.3, -0.25) is 19.5 Å². The van der Waals surface area contributed by atoms with Gasteiger partial charge in [0.2, 0.25) is 17.8 Å². The fourth-order valence-corrected chi connectivity index (χ4v) is 5.54. The average Bonchev–Trinajstić information content (AvgIpc) is 3.65. The molecule has 1 aromatic heterocycles. The number of nitrogens with zero attached hydrogens (tertiary/aromatic N) is 3. The molecule has 1 unspecified atom stereocenters. The van der Waals surface area contributed by atoms with Crippen LogP contribution in [-0.2, 0) is 9.59 Å². The number of guanidine groups is 1. The van der Waals surface area contributed by atoms with Crippen LogP contribution >= 0.6 is 0 Å². The number of aromatic nitrogens is 1. The summed E-state index contributed by atoms with van der Waals surface area (Å²) in [7, 11) is 0. The Bertz CT molecular complexity index is 1190. The van der Waals surface area contributed by atoms with Gasteiger partial charge in [0.25, 0.3) is 0 Å². The van der Waals surface area contributed by atoms with Crippen LogP contribution in [0.15, 0.2) is 53.8 Å². The molecule has 8 nitrogen and oxygen atoms in total. The second-order valence-electron chi connectivity index (χ2n) is 11.2. The van der Waals surface area contributed by atoms with E-state index in [0.717, 1.165) is 36.3 Å². The SMILES string of the molecule is CCC1(CC)CC(=O)N(C[C@H]2CC2C(=O)N[C@H]2CC(C)(C)Oc3ccccc32)C(Nc2ccncc2)=N1. The third-order valence-electron chi connectivity index (χ3n) is 8.00. The molecular formula is C29H37N5O3. The summed E-state index contributed by atoms with van der Waals surface area (Å²) in [5, 5.41) is 6.63. The van der Waals surface area contributed by atoms with Crippen LogP contribution in [0.1, 0.15) is 71.4 Å². The first kappa shape index (κ1) is 25.2. The minimum atomic E-state index is -0.396. The molecule has 5 rings (SSSR count). The zero-order chi connectivity index (χ0) is 26.2. The van der Waals surface area contributed by atoms with E-state index in [9.17, 15) is 9.59 Å². The molecule has 2 aliphatic heterocycles. The molecule has 1 fully saturated rings. The summed E-state index contributed by atoms with van der Waals surface area (Å²) in [6.07, 6.45) is 6.87. The van der Waals surface area contributed by atoms with Gasteiger partial charge in [0.05, 0.1) is 18.0 Å². The Morgan fingerprint density at radius 1 is 1.14 bits per heavy atom. The Morgan fingerprint density at radius 3 is 2.59 bits per heavy atom. The number of fused-ring (bicyclic) bond motifs is 1. The number of ether oxygens (including phenoxy) is 1. The third-order valence-corrected chi connectivity index (χ3v) is 8.00. The molecule has 196 valence electrons. The highest BCUT2D eigenvalue weighted by Gasteiger charge is 2.48. The maximum atomic E-state index is 13.4. The van der Waals surface area contributed by atoms with Crippen molar-refractivity contribution in [3.8, 4) is 5.75 Å². The summed E-state index contributed by atoms with van der Waals surface area (Å²) in [5.41, 5.74) is 1.10. The maximum absolute atomic E-state index is 13.4.